The third-order valence-corrected chi connectivity index (χ3v) is 3.87. The number of nitrogens with zero attached hydrogens (tertiary/aromatic N) is 1. The number of nitrogens with two attached hydrogens (primary N) is 1. The molecule has 2 heteroatoms. The summed E-state index contributed by atoms with van der Waals surface area (Å²) in [4.78, 5) is 4.49. The molecule has 0 aliphatic rings. The molecule has 21 heavy (non-hydrogen) atoms. The Kier molecular flexibility index (Phi) is 3.98. The minimum absolute atomic E-state index is 0.0302. The van der Waals surface area contributed by atoms with E-state index in [1.807, 2.05) is 24.4 Å². The number of hydrogen-bond acceptors (Lipinski definition) is 2. The van der Waals surface area contributed by atoms with Gasteiger partial charge in [0.25, 0.3) is 0 Å². The molecule has 106 valence electrons. The van der Waals surface area contributed by atoms with E-state index in [2.05, 4.69) is 48.3 Å². The summed E-state index contributed by atoms with van der Waals surface area (Å²) in [7, 11) is 0. The number of aromatic nitrogens is 1. The van der Waals surface area contributed by atoms with Crippen molar-refractivity contribution in [1.82, 2.24) is 4.98 Å². The van der Waals surface area contributed by atoms with Crippen molar-refractivity contribution in [2.24, 2.45) is 5.73 Å². The first-order valence-corrected chi connectivity index (χ1v) is 7.38. The highest BCUT2D eigenvalue weighted by Gasteiger charge is 2.08. The van der Waals surface area contributed by atoms with Gasteiger partial charge in [0.2, 0.25) is 0 Å². The topological polar surface area (TPSA) is 38.9 Å². The van der Waals surface area contributed by atoms with Crippen LogP contribution in [0.3, 0.4) is 0 Å². The van der Waals surface area contributed by atoms with Crippen molar-refractivity contribution in [3.63, 3.8) is 0 Å². The average Bonchev–Trinajstić information content (AvgIpc) is 2.52. The van der Waals surface area contributed by atoms with Gasteiger partial charge in [0, 0.05) is 17.6 Å². The van der Waals surface area contributed by atoms with Crippen molar-refractivity contribution in [1.29, 1.82) is 0 Å². The Labute approximate surface area is 125 Å². The van der Waals surface area contributed by atoms with Gasteiger partial charge in [0.15, 0.2) is 0 Å². The third-order valence-electron chi connectivity index (χ3n) is 3.87. The van der Waals surface area contributed by atoms with Gasteiger partial charge >= 0.3 is 0 Å². The molecule has 0 saturated heterocycles. The predicted molar refractivity (Wildman–Crippen MR) is 88.2 cm³/mol. The molecular formula is C19H20N2. The van der Waals surface area contributed by atoms with Crippen molar-refractivity contribution < 1.29 is 0 Å². The van der Waals surface area contributed by atoms with Crippen LogP contribution in [0.15, 0.2) is 60.8 Å². The fraction of sp³-hybridized carbons (Fsp3) is 0.211. The van der Waals surface area contributed by atoms with E-state index in [1.54, 1.807) is 0 Å². The molecule has 3 rings (SSSR count). The molecule has 0 radical (unpaired) electrons. The van der Waals surface area contributed by atoms with Crippen molar-refractivity contribution in [2.45, 2.75) is 25.8 Å². The molecule has 1 aromatic heterocycles. The summed E-state index contributed by atoms with van der Waals surface area (Å²) in [6.45, 7) is 2.12. The minimum Gasteiger partial charge on any atom is -0.324 e. The van der Waals surface area contributed by atoms with Gasteiger partial charge in [0.1, 0.15) is 0 Å². The van der Waals surface area contributed by atoms with E-state index in [1.165, 1.54) is 11.1 Å². The molecule has 0 bridgehead atoms. The summed E-state index contributed by atoms with van der Waals surface area (Å²) in [5.74, 6) is 0. The molecule has 1 unspecified atom stereocenters. The molecule has 0 saturated carbocycles. The number of aryl methyl sites for hydroxylation is 2. The smallest absolute Gasteiger partial charge is 0.0702 e. The minimum atomic E-state index is 0.0302. The van der Waals surface area contributed by atoms with Gasteiger partial charge in [-0.05, 0) is 43.0 Å². The van der Waals surface area contributed by atoms with Gasteiger partial charge < -0.3 is 5.73 Å². The highest BCUT2D eigenvalue weighted by molar-refractivity contribution is 5.78. The van der Waals surface area contributed by atoms with E-state index in [0.29, 0.717) is 0 Å². The van der Waals surface area contributed by atoms with Crippen LogP contribution in [0.2, 0.25) is 0 Å². The quantitative estimate of drug-likeness (QED) is 0.776. The summed E-state index contributed by atoms with van der Waals surface area (Å²) in [5.41, 5.74) is 11.1. The van der Waals surface area contributed by atoms with Crippen LogP contribution in [0.1, 0.15) is 29.2 Å². The Morgan fingerprint density at radius 3 is 2.76 bits per heavy atom. The van der Waals surface area contributed by atoms with Gasteiger partial charge in [-0.3, -0.25) is 4.98 Å². The van der Waals surface area contributed by atoms with Crippen LogP contribution in [0.4, 0.5) is 0 Å². The summed E-state index contributed by atoms with van der Waals surface area (Å²) < 4.78 is 0. The lowest BCUT2D eigenvalue weighted by atomic mass is 9.99. The largest absolute Gasteiger partial charge is 0.324 e. The number of fused-ring (bicyclic) bond motifs is 1. The van der Waals surface area contributed by atoms with Gasteiger partial charge in [0.05, 0.1) is 5.52 Å². The van der Waals surface area contributed by atoms with Gasteiger partial charge in [-0.1, -0.05) is 48.0 Å². The van der Waals surface area contributed by atoms with Crippen LogP contribution in [0.5, 0.6) is 0 Å². The maximum absolute atomic E-state index is 6.33. The Hall–Kier alpha value is -2.19. The normalized spacial score (nSPS) is 12.5. The maximum atomic E-state index is 6.33. The molecule has 2 aromatic carbocycles. The summed E-state index contributed by atoms with van der Waals surface area (Å²) in [6.07, 6.45) is 3.84. The summed E-state index contributed by atoms with van der Waals surface area (Å²) in [5, 5.41) is 1.15. The molecule has 0 aliphatic carbocycles. The first-order valence-electron chi connectivity index (χ1n) is 7.38. The second-order valence-electron chi connectivity index (χ2n) is 5.60. The van der Waals surface area contributed by atoms with Crippen LogP contribution in [0.25, 0.3) is 10.9 Å². The van der Waals surface area contributed by atoms with Crippen LogP contribution < -0.4 is 5.73 Å². The number of hydrogen-bond donors (Lipinski definition) is 1. The first-order chi connectivity index (χ1) is 10.2. The molecule has 0 amide bonds. The number of pyridine rings is 1. The van der Waals surface area contributed by atoms with Crippen molar-refractivity contribution in [2.75, 3.05) is 0 Å². The van der Waals surface area contributed by atoms with Gasteiger partial charge in [-0.25, -0.2) is 0 Å². The molecule has 0 spiro atoms. The number of rotatable bonds is 4. The average molecular weight is 276 g/mol. The monoisotopic (exact) mass is 276 g/mol. The van der Waals surface area contributed by atoms with Crippen LogP contribution in [-0.2, 0) is 6.42 Å². The standard InChI is InChI=1S/C19H20N2/c1-14-5-4-6-15(11-14)9-10-18(20)17-12-16-7-2-3-8-19(16)21-13-17/h2-8,11-13,18H,9-10,20H2,1H3. The van der Waals surface area contributed by atoms with Crippen LogP contribution in [-0.4, -0.2) is 4.98 Å². The molecule has 2 nitrogen and oxygen atoms in total. The second kappa shape index (κ2) is 6.06. The maximum Gasteiger partial charge on any atom is 0.0702 e. The Balaban J connectivity index is 1.73. The Morgan fingerprint density at radius 2 is 1.90 bits per heavy atom. The van der Waals surface area contributed by atoms with E-state index in [9.17, 15) is 0 Å². The lowest BCUT2D eigenvalue weighted by Gasteiger charge is -2.12. The molecule has 1 heterocycles. The molecule has 2 N–H and O–H groups in total. The van der Waals surface area contributed by atoms with Gasteiger partial charge in [-0.2, -0.15) is 0 Å². The number of benzene rings is 2. The molecule has 1 atom stereocenters. The highest BCUT2D eigenvalue weighted by atomic mass is 14.7. The second-order valence-corrected chi connectivity index (χ2v) is 5.60. The SMILES string of the molecule is Cc1cccc(CCC(N)c2cnc3ccccc3c2)c1. The first kappa shape index (κ1) is 13.8. The van der Waals surface area contributed by atoms with E-state index in [0.717, 1.165) is 29.3 Å². The highest BCUT2D eigenvalue weighted by Crippen LogP contribution is 2.20. The zero-order valence-corrected chi connectivity index (χ0v) is 12.3. The molecule has 3 aromatic rings. The van der Waals surface area contributed by atoms with E-state index in [4.69, 9.17) is 5.73 Å². The summed E-state index contributed by atoms with van der Waals surface area (Å²) in [6, 6.07) is 19.0. The van der Waals surface area contributed by atoms with E-state index in [-0.39, 0.29) is 6.04 Å². The van der Waals surface area contributed by atoms with E-state index >= 15 is 0 Å². The van der Waals surface area contributed by atoms with Crippen molar-refractivity contribution >= 4 is 10.9 Å². The fourth-order valence-corrected chi connectivity index (χ4v) is 2.65. The lowest BCUT2D eigenvalue weighted by Crippen LogP contribution is -2.11. The van der Waals surface area contributed by atoms with Gasteiger partial charge in [-0.15, -0.1) is 0 Å². The molecule has 0 aliphatic heterocycles. The molecular weight excluding hydrogens is 256 g/mol. The molecule has 0 fully saturated rings. The zero-order chi connectivity index (χ0) is 14.7. The lowest BCUT2D eigenvalue weighted by molar-refractivity contribution is 0.650. The van der Waals surface area contributed by atoms with Crippen molar-refractivity contribution in [3.8, 4) is 0 Å². The predicted octanol–water partition coefficient (Wildman–Crippen LogP) is 4.18. The van der Waals surface area contributed by atoms with E-state index < -0.39 is 0 Å². The Bertz CT molecular complexity index is 749. The number of para-hydroxylation sites is 1. The fourth-order valence-electron chi connectivity index (χ4n) is 2.65. The zero-order valence-electron chi connectivity index (χ0n) is 12.3. The third kappa shape index (κ3) is 3.29. The van der Waals surface area contributed by atoms with Crippen LogP contribution >= 0.6 is 0 Å². The van der Waals surface area contributed by atoms with Crippen molar-refractivity contribution in [3.05, 3.63) is 77.5 Å². The summed E-state index contributed by atoms with van der Waals surface area (Å²) >= 11 is 0. The Morgan fingerprint density at radius 1 is 1.05 bits per heavy atom. The van der Waals surface area contributed by atoms with Crippen LogP contribution in [0, 0.1) is 6.92 Å².